The molecule has 6 nitrogen and oxygen atoms in total. The van der Waals surface area contributed by atoms with Crippen LogP contribution in [0.1, 0.15) is 62.7 Å². The third kappa shape index (κ3) is 9.15. The molecule has 5 aromatic rings. The molecular weight excluding hydrogens is 572 g/mol. The van der Waals surface area contributed by atoms with E-state index in [4.69, 9.17) is 28.9 Å². The Morgan fingerprint density at radius 2 is 1.26 bits per heavy atom. The molecule has 0 amide bonds. The van der Waals surface area contributed by atoms with Crippen LogP contribution in [0.5, 0.6) is 11.6 Å². The molecule has 2 aromatic heterocycles. The number of benzene rings is 3. The van der Waals surface area contributed by atoms with Crippen LogP contribution in [0.15, 0.2) is 103 Å². The van der Waals surface area contributed by atoms with Crippen molar-refractivity contribution in [3.63, 3.8) is 0 Å². The fraction of sp³-hybridized carbons (Fsp3) is 0.350. The van der Waals surface area contributed by atoms with Crippen molar-refractivity contribution in [2.45, 2.75) is 71.7 Å². The third-order valence-electron chi connectivity index (χ3n) is 7.79. The Labute approximate surface area is 273 Å². The van der Waals surface area contributed by atoms with Crippen LogP contribution < -0.4 is 9.47 Å². The summed E-state index contributed by atoms with van der Waals surface area (Å²) in [5.74, 6) is 1.20. The predicted molar refractivity (Wildman–Crippen MR) is 185 cm³/mol. The van der Waals surface area contributed by atoms with E-state index < -0.39 is 0 Å². The van der Waals surface area contributed by atoms with E-state index in [0.29, 0.717) is 44.7 Å². The molecule has 5 rings (SSSR count). The number of aryl methyl sites for hydroxylation is 1. The molecule has 0 fully saturated rings. The Morgan fingerprint density at radius 3 is 1.87 bits per heavy atom. The zero-order valence-corrected chi connectivity index (χ0v) is 28.0. The Balaban J connectivity index is 1.31. The second-order valence-corrected chi connectivity index (χ2v) is 13.6. The monoisotopic (exact) mass is 618 g/mol. The number of ether oxygens (including phenoxy) is 4. The maximum atomic E-state index is 6.55. The van der Waals surface area contributed by atoms with E-state index in [1.807, 2.05) is 66.7 Å². The lowest BCUT2D eigenvalue weighted by atomic mass is 9.86. The molecule has 0 radical (unpaired) electrons. The predicted octanol–water partition coefficient (Wildman–Crippen LogP) is 8.77. The van der Waals surface area contributed by atoms with Gasteiger partial charge < -0.3 is 18.9 Å². The van der Waals surface area contributed by atoms with Crippen LogP contribution in [0.25, 0.3) is 10.9 Å². The average Bonchev–Trinajstić information content (AvgIpc) is 3.04. The van der Waals surface area contributed by atoms with E-state index in [-0.39, 0.29) is 16.9 Å². The second kappa shape index (κ2) is 14.9. The highest BCUT2D eigenvalue weighted by Crippen LogP contribution is 2.30. The molecule has 3 aromatic carbocycles. The van der Waals surface area contributed by atoms with E-state index in [1.54, 1.807) is 0 Å². The standard InChI is InChI=1S/C40H46N2O4/c1-29-22-35(39(2,3)4)41-36(23-29)40(5,6)28-45-37-21-20-32-18-13-19-34(38(32)42-37)46-33(26-43-24-30-14-9-7-10-15-30)27-44-25-31-16-11-8-12-17-31/h7-23,33H,24-28H2,1-6H3. The molecule has 6 heteroatoms. The van der Waals surface area contributed by atoms with Crippen molar-refractivity contribution in [1.82, 2.24) is 9.97 Å². The summed E-state index contributed by atoms with van der Waals surface area (Å²) in [6.45, 7) is 15.2. The highest BCUT2D eigenvalue weighted by atomic mass is 16.6. The van der Waals surface area contributed by atoms with Gasteiger partial charge >= 0.3 is 0 Å². The lowest BCUT2D eigenvalue weighted by molar-refractivity contribution is -0.0152. The van der Waals surface area contributed by atoms with Crippen LogP contribution in [-0.2, 0) is 33.5 Å². The molecule has 0 N–H and O–H groups in total. The van der Waals surface area contributed by atoms with Crippen molar-refractivity contribution < 1.29 is 18.9 Å². The Bertz CT molecular complexity index is 1650. The highest BCUT2D eigenvalue weighted by Gasteiger charge is 2.27. The third-order valence-corrected chi connectivity index (χ3v) is 7.79. The molecule has 0 bridgehead atoms. The minimum absolute atomic E-state index is 0.0367. The molecule has 0 unspecified atom stereocenters. The zero-order chi connectivity index (χ0) is 32.6. The van der Waals surface area contributed by atoms with E-state index in [9.17, 15) is 0 Å². The first-order valence-corrected chi connectivity index (χ1v) is 16.0. The van der Waals surface area contributed by atoms with Crippen LogP contribution in [0, 0.1) is 6.92 Å². The van der Waals surface area contributed by atoms with Crippen LogP contribution in [0.2, 0.25) is 0 Å². The first-order chi connectivity index (χ1) is 22.1. The van der Waals surface area contributed by atoms with Gasteiger partial charge in [-0.3, -0.25) is 4.98 Å². The Kier molecular flexibility index (Phi) is 10.7. The summed E-state index contributed by atoms with van der Waals surface area (Å²) < 4.78 is 25.1. The van der Waals surface area contributed by atoms with Crippen molar-refractivity contribution in [3.8, 4) is 11.6 Å². The first-order valence-electron chi connectivity index (χ1n) is 16.0. The smallest absolute Gasteiger partial charge is 0.213 e. The van der Waals surface area contributed by atoms with E-state index >= 15 is 0 Å². The van der Waals surface area contributed by atoms with Gasteiger partial charge in [0.25, 0.3) is 0 Å². The minimum Gasteiger partial charge on any atom is -0.483 e. The molecular formula is C40H46N2O4. The average molecular weight is 619 g/mol. The van der Waals surface area contributed by atoms with Gasteiger partial charge in [-0.25, -0.2) is 4.98 Å². The number of fused-ring (bicyclic) bond motifs is 1. The summed E-state index contributed by atoms with van der Waals surface area (Å²) in [5.41, 5.74) is 5.88. The van der Waals surface area contributed by atoms with Crippen LogP contribution in [0.3, 0.4) is 0 Å². The van der Waals surface area contributed by atoms with E-state index in [0.717, 1.165) is 33.4 Å². The van der Waals surface area contributed by atoms with Crippen LogP contribution >= 0.6 is 0 Å². The Hall–Kier alpha value is -4.26. The maximum Gasteiger partial charge on any atom is 0.213 e. The van der Waals surface area contributed by atoms with Crippen molar-refractivity contribution >= 4 is 10.9 Å². The number of pyridine rings is 2. The van der Waals surface area contributed by atoms with Gasteiger partial charge in [-0.05, 0) is 47.9 Å². The van der Waals surface area contributed by atoms with Gasteiger partial charge in [0.1, 0.15) is 24.0 Å². The number of hydrogen-bond acceptors (Lipinski definition) is 6. The normalized spacial score (nSPS) is 12.1. The topological polar surface area (TPSA) is 62.7 Å². The molecule has 0 aliphatic carbocycles. The van der Waals surface area contributed by atoms with Crippen molar-refractivity contribution in [2.75, 3.05) is 19.8 Å². The number of hydrogen-bond donors (Lipinski definition) is 0. The summed E-state index contributed by atoms with van der Waals surface area (Å²) in [6.07, 6.45) is -0.340. The van der Waals surface area contributed by atoms with Gasteiger partial charge in [-0.1, -0.05) is 107 Å². The summed E-state index contributed by atoms with van der Waals surface area (Å²) in [4.78, 5) is 9.93. The SMILES string of the molecule is Cc1cc(C(C)(C)C)nc(C(C)(C)COc2ccc3cccc(OC(COCc4ccccc4)COCc4ccccc4)c3n2)c1. The molecule has 0 spiro atoms. The van der Waals surface area contributed by atoms with Gasteiger partial charge in [-0.2, -0.15) is 0 Å². The minimum atomic E-state index is -0.340. The van der Waals surface area contributed by atoms with Crippen molar-refractivity contribution in [3.05, 3.63) is 131 Å². The zero-order valence-electron chi connectivity index (χ0n) is 28.0. The lowest BCUT2D eigenvalue weighted by Gasteiger charge is -2.27. The van der Waals surface area contributed by atoms with Gasteiger partial charge in [0, 0.05) is 33.7 Å². The first kappa shape index (κ1) is 33.1. The summed E-state index contributed by atoms with van der Waals surface area (Å²) >= 11 is 0. The van der Waals surface area contributed by atoms with E-state index in [1.165, 1.54) is 5.56 Å². The molecule has 0 saturated heterocycles. The Morgan fingerprint density at radius 1 is 0.652 bits per heavy atom. The fourth-order valence-corrected chi connectivity index (χ4v) is 5.06. The molecule has 2 heterocycles. The second-order valence-electron chi connectivity index (χ2n) is 13.6. The summed E-state index contributed by atoms with van der Waals surface area (Å²) in [6, 6.07) is 34.5. The molecule has 0 saturated carbocycles. The molecule has 0 atom stereocenters. The van der Waals surface area contributed by atoms with Gasteiger partial charge in [0.05, 0.1) is 26.4 Å². The molecule has 0 aliphatic heterocycles. The number of nitrogens with zero attached hydrogens (tertiary/aromatic N) is 2. The fourth-order valence-electron chi connectivity index (χ4n) is 5.06. The quantitative estimate of drug-likeness (QED) is 0.124. The number of rotatable bonds is 14. The van der Waals surface area contributed by atoms with Gasteiger partial charge in [0.15, 0.2) is 0 Å². The van der Waals surface area contributed by atoms with E-state index in [2.05, 4.69) is 77.9 Å². The van der Waals surface area contributed by atoms with Gasteiger partial charge in [-0.15, -0.1) is 0 Å². The summed E-state index contributed by atoms with van der Waals surface area (Å²) in [7, 11) is 0. The number of aromatic nitrogens is 2. The van der Waals surface area contributed by atoms with Crippen molar-refractivity contribution in [2.24, 2.45) is 0 Å². The molecule has 0 aliphatic rings. The van der Waals surface area contributed by atoms with Crippen LogP contribution in [-0.4, -0.2) is 35.9 Å². The maximum absolute atomic E-state index is 6.55. The van der Waals surface area contributed by atoms with Crippen molar-refractivity contribution in [1.29, 1.82) is 0 Å². The van der Waals surface area contributed by atoms with Crippen LogP contribution in [0.4, 0.5) is 0 Å². The molecule has 240 valence electrons. The highest BCUT2D eigenvalue weighted by molar-refractivity contribution is 5.85. The summed E-state index contributed by atoms with van der Waals surface area (Å²) in [5, 5.41) is 0.966. The number of para-hydroxylation sites is 1. The molecule has 46 heavy (non-hydrogen) atoms. The van der Waals surface area contributed by atoms with Gasteiger partial charge in [0.2, 0.25) is 5.88 Å². The lowest BCUT2D eigenvalue weighted by Crippen LogP contribution is -2.29. The largest absolute Gasteiger partial charge is 0.483 e.